The topological polar surface area (TPSA) is 142 Å². The molecule has 1 saturated carbocycles. The summed E-state index contributed by atoms with van der Waals surface area (Å²) < 4.78 is 17.2. The van der Waals surface area contributed by atoms with E-state index in [1.807, 2.05) is 20.1 Å². The van der Waals surface area contributed by atoms with Crippen LogP contribution in [0, 0.1) is 11.8 Å². The molecule has 3 fully saturated rings. The number of Topliss-reactive ketones (excluding diaryl/α,β-unsaturated/α-hetero) is 2. The van der Waals surface area contributed by atoms with Gasteiger partial charge in [0.15, 0.2) is 6.04 Å². The van der Waals surface area contributed by atoms with E-state index in [0.29, 0.717) is 57.0 Å². The van der Waals surface area contributed by atoms with E-state index in [1.165, 1.54) is 24.8 Å². The number of rotatable bonds is 18. The van der Waals surface area contributed by atoms with E-state index in [2.05, 4.69) is 13.0 Å². The minimum absolute atomic E-state index is 0.195. The number of aliphatic hydroxyl groups is 1. The molecule has 10 nitrogen and oxygen atoms in total. The Kier molecular flexibility index (Phi) is 16.4. The largest absolute Gasteiger partial charge is 0.563 e. The molecule has 10 heteroatoms. The average Bonchev–Trinajstić information content (AvgIpc) is 3.08. The summed E-state index contributed by atoms with van der Waals surface area (Å²) in [6.07, 6.45) is 17.6. The van der Waals surface area contributed by atoms with Gasteiger partial charge in [-0.1, -0.05) is 43.1 Å². The second-order valence-electron chi connectivity index (χ2n) is 14.5. The number of nitrogens with zero attached hydrogens (tertiary/aromatic N) is 1. The number of unbranched alkanes of at least 4 members (excludes halogenated alkanes) is 2. The van der Waals surface area contributed by atoms with E-state index < -0.39 is 41.5 Å². The molecule has 0 aromatic rings. The smallest absolute Gasteiger partial charge is 0.538 e. The number of allylic oxidation sites excluding steroid dienone is 4. The van der Waals surface area contributed by atoms with Gasteiger partial charge in [0.05, 0.1) is 18.3 Å². The van der Waals surface area contributed by atoms with Crippen molar-refractivity contribution in [2.45, 2.75) is 160 Å². The number of methoxy groups -OCH3 is 2. The van der Waals surface area contributed by atoms with Crippen molar-refractivity contribution < 1.29 is 43.6 Å². The number of piperidine rings is 1. The summed E-state index contributed by atoms with van der Waals surface area (Å²) in [6.45, 7) is 6.09. The zero-order valence-corrected chi connectivity index (χ0v) is 30.1. The van der Waals surface area contributed by atoms with Gasteiger partial charge in [0.1, 0.15) is 5.78 Å². The maximum Gasteiger partial charge on any atom is 0.538 e. The molecule has 0 radical (unpaired) electrons. The Morgan fingerprint density at radius 1 is 0.917 bits per heavy atom. The number of hydrogen-bond donors (Lipinski definition) is 1. The summed E-state index contributed by atoms with van der Waals surface area (Å²) in [6, 6.07) is -0.973. The standard InChI is InChI=1S/C38H61NO9/c1-26(20-21-30(40)16-8-6-14-27(2)23-29-15-12-17-31(25-29)46-4)13-7-9-19-33-34(47-5)24-28(3)38(45,48-33)35(41)36(42)39-22-11-10-18-32(39)37(43)44/h20,23,28-29,31-34,45H,6-19,21-22,24-25H2,1-5H3,(H,43,44)/p+1/b26-20+,27-23+/t28-,29?,31+,32?,33-,34+,38-/m1/s1. The van der Waals surface area contributed by atoms with Crippen molar-refractivity contribution in [1.29, 1.82) is 0 Å². The maximum absolute atomic E-state index is 13.4. The molecule has 0 aromatic carbocycles. The second-order valence-corrected chi connectivity index (χ2v) is 14.5. The minimum atomic E-state index is -2.32. The van der Waals surface area contributed by atoms with Crippen LogP contribution in [0.25, 0.3) is 0 Å². The first kappa shape index (κ1) is 40.0. The number of carbonyl (C=O) groups is 4. The first-order valence-electron chi connectivity index (χ1n) is 18.3. The number of ether oxygens (including phenoxy) is 3. The van der Waals surface area contributed by atoms with Crippen LogP contribution in [0.2, 0.25) is 0 Å². The van der Waals surface area contributed by atoms with Crippen molar-refractivity contribution in [2.75, 3.05) is 20.8 Å². The van der Waals surface area contributed by atoms with Gasteiger partial charge in [-0.15, -0.1) is 0 Å². The molecule has 1 amide bonds. The quantitative estimate of drug-likeness (QED) is 0.0869. The summed E-state index contributed by atoms with van der Waals surface area (Å²) in [5.74, 6) is -5.10. The lowest BCUT2D eigenvalue weighted by molar-refractivity contribution is -0.286. The average molecular weight is 677 g/mol. The van der Waals surface area contributed by atoms with Crippen molar-refractivity contribution in [2.24, 2.45) is 11.8 Å². The van der Waals surface area contributed by atoms with E-state index >= 15 is 0 Å². The van der Waals surface area contributed by atoms with E-state index in [0.717, 1.165) is 55.4 Å². The Morgan fingerprint density at radius 2 is 1.62 bits per heavy atom. The highest BCUT2D eigenvalue weighted by Gasteiger charge is 2.55. The maximum atomic E-state index is 13.4. The lowest BCUT2D eigenvalue weighted by Crippen LogP contribution is -2.62. The molecular weight excluding hydrogens is 614 g/mol. The summed E-state index contributed by atoms with van der Waals surface area (Å²) in [5.41, 5.74) is 2.57. The molecule has 7 atom stereocenters. The molecule has 3 rings (SSSR count). The van der Waals surface area contributed by atoms with Crippen LogP contribution in [0.5, 0.6) is 0 Å². The summed E-state index contributed by atoms with van der Waals surface area (Å²) in [5, 5.41) is 19.0. The van der Waals surface area contributed by atoms with Crippen LogP contribution >= 0.6 is 0 Å². The number of amides is 1. The van der Waals surface area contributed by atoms with Gasteiger partial charge >= 0.3 is 5.97 Å². The van der Waals surface area contributed by atoms with Gasteiger partial charge in [-0.2, -0.15) is 0 Å². The molecular formula is C38H62NO9+. The monoisotopic (exact) mass is 676 g/mol. The molecule has 0 aromatic heterocycles. The fourth-order valence-electron chi connectivity index (χ4n) is 7.58. The molecule has 2 unspecified atom stereocenters. The van der Waals surface area contributed by atoms with E-state index in [4.69, 9.17) is 19.3 Å². The van der Waals surface area contributed by atoms with Gasteiger partial charge < -0.3 is 29.3 Å². The molecule has 1 aliphatic carbocycles. The third kappa shape index (κ3) is 11.6. The highest BCUT2D eigenvalue weighted by molar-refractivity contribution is 6.39. The van der Waals surface area contributed by atoms with Gasteiger partial charge in [-0.3, -0.25) is 14.4 Å². The molecule has 3 aliphatic rings. The van der Waals surface area contributed by atoms with Gasteiger partial charge in [-0.25, -0.2) is 0 Å². The zero-order chi connectivity index (χ0) is 35.3. The molecule has 0 spiro atoms. The molecule has 2 aliphatic heterocycles. The zero-order valence-electron chi connectivity index (χ0n) is 30.1. The van der Waals surface area contributed by atoms with Crippen molar-refractivity contribution in [3.8, 4) is 0 Å². The van der Waals surface area contributed by atoms with Crippen molar-refractivity contribution in [1.82, 2.24) is 4.90 Å². The first-order valence-corrected chi connectivity index (χ1v) is 18.3. The third-order valence-electron chi connectivity index (χ3n) is 10.7. The lowest BCUT2D eigenvalue weighted by atomic mass is 9.84. The predicted octanol–water partition coefficient (Wildman–Crippen LogP) is 5.49. The summed E-state index contributed by atoms with van der Waals surface area (Å²) in [7, 11) is 3.38. The van der Waals surface area contributed by atoms with Crippen LogP contribution in [-0.2, 0) is 33.4 Å². The highest BCUT2D eigenvalue weighted by atomic mass is 16.7. The Balaban J connectivity index is 1.39. The fraction of sp³-hybridized carbons (Fsp3) is 0.789. The van der Waals surface area contributed by atoms with E-state index in [9.17, 15) is 24.3 Å². The molecule has 0 bridgehead atoms. The lowest BCUT2D eigenvalue weighted by Gasteiger charge is -2.44. The van der Waals surface area contributed by atoms with Crippen LogP contribution < -0.4 is 0 Å². The van der Waals surface area contributed by atoms with Gasteiger partial charge in [0.2, 0.25) is 5.79 Å². The molecule has 2 heterocycles. The van der Waals surface area contributed by atoms with Gasteiger partial charge in [-0.05, 0) is 103 Å². The second kappa shape index (κ2) is 19.7. The van der Waals surface area contributed by atoms with Crippen molar-refractivity contribution in [3.05, 3.63) is 23.3 Å². The molecule has 272 valence electrons. The number of ketones is 2. The minimum Gasteiger partial charge on any atom is -0.563 e. The first-order chi connectivity index (χ1) is 22.9. The van der Waals surface area contributed by atoms with Crippen molar-refractivity contribution >= 4 is 23.4 Å². The van der Waals surface area contributed by atoms with Crippen molar-refractivity contribution in [3.63, 3.8) is 0 Å². The Hall–Kier alpha value is -2.40. The van der Waals surface area contributed by atoms with Crippen LogP contribution in [0.4, 0.5) is 0 Å². The highest BCUT2D eigenvalue weighted by Crippen LogP contribution is 2.37. The third-order valence-corrected chi connectivity index (χ3v) is 10.7. The number of likely N-dealkylation sites (tertiary alicyclic amines) is 1. The Bertz CT molecular complexity index is 1150. The van der Waals surface area contributed by atoms with E-state index in [1.54, 1.807) is 14.0 Å². The normalized spacial score (nSPS) is 30.2. The van der Waals surface area contributed by atoms with E-state index in [-0.39, 0.29) is 18.4 Å². The number of carbonyl (C=O) groups excluding carboxylic acids is 4. The fourth-order valence-corrected chi connectivity index (χ4v) is 7.58. The Labute approximate surface area is 287 Å². The van der Waals surface area contributed by atoms with Crippen LogP contribution in [0.1, 0.15) is 130 Å². The molecule has 2 saturated heterocycles. The summed E-state index contributed by atoms with van der Waals surface area (Å²) >= 11 is 0. The summed E-state index contributed by atoms with van der Waals surface area (Å²) in [4.78, 5) is 52.0. The number of hydrogen-bond acceptors (Lipinski definition) is 8. The molecule has 48 heavy (non-hydrogen) atoms. The Morgan fingerprint density at radius 3 is 2.33 bits per heavy atom. The SMILES string of the molecule is CO[C@H]1CCCC(/C=C(\C)CCCCC(=O)C/C=C(\C)CCCC[C@H]2O[C@@](O)(C(=O)C(=O)N3CCCCC3C(=O)[OH2+])[C@H](C)C[C@@H]2OC)C1. The van der Waals surface area contributed by atoms with Crippen LogP contribution in [0.3, 0.4) is 0 Å². The van der Waals surface area contributed by atoms with Crippen LogP contribution in [0.15, 0.2) is 23.3 Å². The molecule has 3 N–H and O–H groups in total. The predicted molar refractivity (Wildman–Crippen MR) is 184 cm³/mol. The van der Waals surface area contributed by atoms with Crippen LogP contribution in [-0.4, -0.2) is 89.5 Å². The van der Waals surface area contributed by atoms with Gasteiger partial charge in [0, 0.05) is 44.3 Å². The van der Waals surface area contributed by atoms with Gasteiger partial charge in [0.25, 0.3) is 11.7 Å².